The van der Waals surface area contributed by atoms with Crippen molar-refractivity contribution in [1.82, 2.24) is 5.32 Å². The highest BCUT2D eigenvalue weighted by molar-refractivity contribution is 5.20. The lowest BCUT2D eigenvalue weighted by atomic mass is 9.93. The van der Waals surface area contributed by atoms with Crippen molar-refractivity contribution in [2.75, 3.05) is 0 Å². The molecule has 1 aliphatic carbocycles. The van der Waals surface area contributed by atoms with E-state index in [0.717, 1.165) is 0 Å². The second-order valence-corrected chi connectivity index (χ2v) is 2.20. The van der Waals surface area contributed by atoms with Gasteiger partial charge < -0.3 is 15.5 Å². The van der Waals surface area contributed by atoms with Gasteiger partial charge in [-0.1, -0.05) is 0 Å². The third-order valence-electron chi connectivity index (χ3n) is 1.75. The van der Waals surface area contributed by atoms with Gasteiger partial charge in [0.05, 0.1) is 24.3 Å². The van der Waals surface area contributed by atoms with Crippen molar-refractivity contribution in [3.63, 3.8) is 0 Å². The summed E-state index contributed by atoms with van der Waals surface area (Å²) in [6, 6.07) is 0.463. The first-order valence-electron chi connectivity index (χ1n) is 2.43. The van der Waals surface area contributed by atoms with Gasteiger partial charge in [0, 0.05) is 0 Å². The average molecular weight is 101 g/mol. The fourth-order valence-electron chi connectivity index (χ4n) is 1.07. The summed E-state index contributed by atoms with van der Waals surface area (Å²) in [5.41, 5.74) is 0. The monoisotopic (exact) mass is 101 g/mol. The fraction of sp³-hybridized carbons (Fsp3) is 1.00. The predicted octanol–water partition coefficient (Wildman–Crippen LogP) is -1.94. The van der Waals surface area contributed by atoms with E-state index in [0.29, 0.717) is 0 Å². The number of rotatable bonds is 0. The van der Waals surface area contributed by atoms with Gasteiger partial charge in [-0.05, 0) is 0 Å². The van der Waals surface area contributed by atoms with Gasteiger partial charge in [0.1, 0.15) is 0 Å². The van der Waals surface area contributed by atoms with E-state index in [2.05, 4.69) is 5.32 Å². The van der Waals surface area contributed by atoms with Crippen LogP contribution in [-0.4, -0.2) is 34.5 Å². The smallest absolute Gasteiger partial charge is 0.0983 e. The molecule has 3 heteroatoms. The molecule has 2 fully saturated rings. The third-order valence-corrected chi connectivity index (χ3v) is 1.75. The van der Waals surface area contributed by atoms with Crippen LogP contribution in [0.4, 0.5) is 0 Å². The lowest BCUT2D eigenvalue weighted by molar-refractivity contribution is -0.0211. The van der Waals surface area contributed by atoms with Gasteiger partial charge in [0.15, 0.2) is 0 Å². The van der Waals surface area contributed by atoms with Crippen molar-refractivity contribution >= 4 is 0 Å². The Kier molecular flexibility index (Phi) is 0.462. The molecule has 0 aromatic heterocycles. The minimum Gasteiger partial charge on any atom is -0.389 e. The number of nitrogens with one attached hydrogen (secondary N) is 1. The molecule has 3 nitrogen and oxygen atoms in total. The SMILES string of the molecule is OC1C(O)C2NC12. The predicted molar refractivity (Wildman–Crippen MR) is 22.7 cm³/mol. The standard InChI is InChI=1S/C4H7NO2/c6-3-1-2(5-1)4(3)7/h1-7H. The van der Waals surface area contributed by atoms with E-state index in [1.807, 2.05) is 0 Å². The summed E-state index contributed by atoms with van der Waals surface area (Å²) in [4.78, 5) is 0. The molecule has 0 aromatic carbocycles. The maximum Gasteiger partial charge on any atom is 0.0983 e. The summed E-state index contributed by atoms with van der Waals surface area (Å²) in [5, 5.41) is 20.3. The van der Waals surface area contributed by atoms with Crippen LogP contribution in [0.3, 0.4) is 0 Å². The highest BCUT2D eigenvalue weighted by Crippen LogP contribution is 2.33. The zero-order valence-corrected chi connectivity index (χ0v) is 3.70. The van der Waals surface area contributed by atoms with Gasteiger partial charge in [-0.3, -0.25) is 0 Å². The number of fused-ring (bicyclic) bond motifs is 1. The Hall–Kier alpha value is -0.120. The molecular weight excluding hydrogens is 94.0 g/mol. The zero-order valence-electron chi connectivity index (χ0n) is 3.70. The minimum atomic E-state index is -0.481. The van der Waals surface area contributed by atoms with E-state index in [9.17, 15) is 0 Å². The number of hydrogen-bond acceptors (Lipinski definition) is 3. The zero-order chi connectivity index (χ0) is 5.02. The van der Waals surface area contributed by atoms with Crippen LogP contribution in [0.1, 0.15) is 0 Å². The molecule has 0 amide bonds. The van der Waals surface area contributed by atoms with Gasteiger partial charge >= 0.3 is 0 Å². The van der Waals surface area contributed by atoms with Crippen molar-refractivity contribution in [1.29, 1.82) is 0 Å². The number of aliphatic hydroxyl groups is 2. The Morgan fingerprint density at radius 1 is 1.00 bits per heavy atom. The topological polar surface area (TPSA) is 62.4 Å². The quantitative estimate of drug-likeness (QED) is 0.311. The first-order chi connectivity index (χ1) is 3.30. The average Bonchev–Trinajstić information content (AvgIpc) is 2.39. The van der Waals surface area contributed by atoms with Crippen LogP contribution in [0.5, 0.6) is 0 Å². The van der Waals surface area contributed by atoms with E-state index < -0.39 is 12.2 Å². The highest BCUT2D eigenvalue weighted by Gasteiger charge is 2.60. The molecule has 0 radical (unpaired) electrons. The molecule has 4 atom stereocenters. The summed E-state index contributed by atoms with van der Waals surface area (Å²) in [5.74, 6) is 0. The maximum atomic E-state index is 8.71. The molecule has 1 heterocycles. The van der Waals surface area contributed by atoms with E-state index in [1.165, 1.54) is 0 Å². The number of aliphatic hydroxyl groups excluding tert-OH is 2. The van der Waals surface area contributed by atoms with Crippen LogP contribution in [0.25, 0.3) is 0 Å². The maximum absolute atomic E-state index is 8.71. The first kappa shape index (κ1) is 3.83. The van der Waals surface area contributed by atoms with Gasteiger partial charge in [-0.15, -0.1) is 0 Å². The van der Waals surface area contributed by atoms with Gasteiger partial charge in [-0.25, -0.2) is 0 Å². The lowest BCUT2D eigenvalue weighted by Gasteiger charge is -2.23. The van der Waals surface area contributed by atoms with Crippen LogP contribution in [0.15, 0.2) is 0 Å². The van der Waals surface area contributed by atoms with Crippen LogP contribution in [0, 0.1) is 0 Å². The van der Waals surface area contributed by atoms with Gasteiger partial charge in [0.2, 0.25) is 0 Å². The van der Waals surface area contributed by atoms with Crippen LogP contribution < -0.4 is 5.32 Å². The first-order valence-corrected chi connectivity index (χ1v) is 2.43. The summed E-state index contributed by atoms with van der Waals surface area (Å²) in [7, 11) is 0. The Balaban J connectivity index is 2.09. The van der Waals surface area contributed by atoms with Crippen molar-refractivity contribution in [2.45, 2.75) is 24.3 Å². The Morgan fingerprint density at radius 3 is 1.57 bits per heavy atom. The second kappa shape index (κ2) is 0.844. The molecule has 0 spiro atoms. The van der Waals surface area contributed by atoms with Gasteiger partial charge in [-0.2, -0.15) is 0 Å². The minimum absolute atomic E-state index is 0.231. The second-order valence-electron chi connectivity index (χ2n) is 2.20. The fourth-order valence-corrected chi connectivity index (χ4v) is 1.07. The Labute approximate surface area is 41.0 Å². The summed E-state index contributed by atoms with van der Waals surface area (Å²) < 4.78 is 0. The van der Waals surface area contributed by atoms with Crippen molar-refractivity contribution in [2.24, 2.45) is 0 Å². The summed E-state index contributed by atoms with van der Waals surface area (Å²) >= 11 is 0. The molecule has 0 aromatic rings. The molecular formula is C4H7NO2. The molecule has 1 aliphatic heterocycles. The Morgan fingerprint density at radius 2 is 1.43 bits per heavy atom. The molecule has 1 saturated carbocycles. The largest absolute Gasteiger partial charge is 0.389 e. The molecule has 2 rings (SSSR count). The van der Waals surface area contributed by atoms with Crippen molar-refractivity contribution < 1.29 is 10.2 Å². The van der Waals surface area contributed by atoms with E-state index >= 15 is 0 Å². The summed E-state index contributed by atoms with van der Waals surface area (Å²) in [6.45, 7) is 0. The third kappa shape index (κ3) is 0.277. The summed E-state index contributed by atoms with van der Waals surface area (Å²) in [6.07, 6.45) is -0.963. The van der Waals surface area contributed by atoms with Crippen LogP contribution in [0.2, 0.25) is 0 Å². The molecule has 7 heavy (non-hydrogen) atoms. The normalized spacial score (nSPS) is 66.0. The van der Waals surface area contributed by atoms with E-state index in [1.54, 1.807) is 0 Å². The molecule has 2 aliphatic rings. The van der Waals surface area contributed by atoms with Gasteiger partial charge in [0.25, 0.3) is 0 Å². The molecule has 1 saturated heterocycles. The van der Waals surface area contributed by atoms with Crippen molar-refractivity contribution in [3.8, 4) is 0 Å². The Bertz CT molecular complexity index is 93.9. The number of hydrogen-bond donors (Lipinski definition) is 3. The molecule has 0 bridgehead atoms. The van der Waals surface area contributed by atoms with Crippen LogP contribution in [-0.2, 0) is 0 Å². The lowest BCUT2D eigenvalue weighted by Crippen LogP contribution is -2.46. The molecule has 3 N–H and O–H groups in total. The van der Waals surface area contributed by atoms with Crippen LogP contribution >= 0.6 is 0 Å². The van der Waals surface area contributed by atoms with E-state index in [4.69, 9.17) is 10.2 Å². The van der Waals surface area contributed by atoms with Crippen molar-refractivity contribution in [3.05, 3.63) is 0 Å². The molecule has 40 valence electrons. The molecule has 4 unspecified atom stereocenters. The van der Waals surface area contributed by atoms with E-state index in [-0.39, 0.29) is 12.1 Å². The highest BCUT2D eigenvalue weighted by atomic mass is 16.3.